The highest BCUT2D eigenvalue weighted by Gasteiger charge is 2.19. The van der Waals surface area contributed by atoms with Gasteiger partial charge in [-0.2, -0.15) is 0 Å². The molecule has 0 aromatic heterocycles. The van der Waals surface area contributed by atoms with Gasteiger partial charge in [0.25, 0.3) is 0 Å². The Kier molecular flexibility index (Phi) is 4.11. The number of rotatable bonds is 1. The van der Waals surface area contributed by atoms with E-state index in [0.717, 1.165) is 56.8 Å². The van der Waals surface area contributed by atoms with Crippen LogP contribution >= 0.6 is 0 Å². The molecule has 0 saturated carbocycles. The van der Waals surface area contributed by atoms with Crippen molar-refractivity contribution in [1.82, 2.24) is 0 Å². The summed E-state index contributed by atoms with van der Waals surface area (Å²) in [6, 6.07) is 14.9. The molecule has 0 amide bonds. The lowest BCUT2D eigenvalue weighted by atomic mass is 9.96. The molecule has 0 spiro atoms. The van der Waals surface area contributed by atoms with E-state index in [1.54, 1.807) is 0 Å². The Balaban J connectivity index is 1.42. The highest BCUT2D eigenvalue weighted by Crippen LogP contribution is 2.35. The zero-order valence-electron chi connectivity index (χ0n) is 18.2. The number of hydrogen-bond donors (Lipinski definition) is 0. The molecule has 0 radical (unpaired) electrons. The number of nitrogens with zero attached hydrogens (tertiary/aromatic N) is 4. The van der Waals surface area contributed by atoms with Crippen LogP contribution < -0.4 is 0 Å². The molecule has 0 aliphatic carbocycles. The van der Waals surface area contributed by atoms with E-state index in [1.165, 1.54) is 10.8 Å². The zero-order valence-corrected chi connectivity index (χ0v) is 18.2. The fraction of sp³-hybridized carbons (Fsp3) is 0. The first-order chi connectivity index (χ1) is 16.8. The maximum Gasteiger partial charge on any atom is 0.0737 e. The molecule has 7 rings (SSSR count). The summed E-state index contributed by atoms with van der Waals surface area (Å²) in [7, 11) is 0. The molecule has 4 nitrogen and oxygen atoms in total. The third-order valence-electron chi connectivity index (χ3n) is 6.12. The van der Waals surface area contributed by atoms with E-state index in [-0.39, 0.29) is 0 Å². The molecule has 0 atom stereocenters. The molecule has 8 bridgehead atoms. The fourth-order valence-electron chi connectivity index (χ4n) is 4.57. The van der Waals surface area contributed by atoms with Crippen LogP contribution in [-0.2, 0) is 0 Å². The van der Waals surface area contributed by atoms with Gasteiger partial charge in [-0.3, -0.25) is 0 Å². The van der Waals surface area contributed by atoms with E-state index < -0.39 is 0 Å². The number of allylic oxidation sites excluding steroid dienone is 12. The van der Waals surface area contributed by atoms with E-state index in [1.807, 2.05) is 54.7 Å². The summed E-state index contributed by atoms with van der Waals surface area (Å²) in [6.07, 6.45) is 22.3. The summed E-state index contributed by atoms with van der Waals surface area (Å²) >= 11 is 0. The SMILES string of the molecule is C1=CC2=NC1=CC1=NC(=CC3=NC(=CC4=NC(=C2)C=C4)C(c2cccc4ccccc24)=C3)C=C1. The summed E-state index contributed by atoms with van der Waals surface area (Å²) < 4.78 is 0. The Morgan fingerprint density at radius 1 is 0.441 bits per heavy atom. The average molecular weight is 435 g/mol. The van der Waals surface area contributed by atoms with Gasteiger partial charge >= 0.3 is 0 Å². The first kappa shape index (κ1) is 18.8. The predicted molar refractivity (Wildman–Crippen MR) is 141 cm³/mol. The Labute approximate surface area is 196 Å². The summed E-state index contributed by atoms with van der Waals surface area (Å²) in [6.45, 7) is 0. The molecule has 0 saturated heterocycles. The molecular formula is C30H18N4. The van der Waals surface area contributed by atoms with Gasteiger partial charge in [-0.05, 0) is 83.2 Å². The fourth-order valence-corrected chi connectivity index (χ4v) is 4.57. The van der Waals surface area contributed by atoms with Crippen LogP contribution in [0.2, 0.25) is 0 Å². The topological polar surface area (TPSA) is 49.4 Å². The molecule has 2 aromatic rings. The van der Waals surface area contributed by atoms with Crippen molar-refractivity contribution < 1.29 is 0 Å². The monoisotopic (exact) mass is 434 g/mol. The van der Waals surface area contributed by atoms with Crippen molar-refractivity contribution in [2.24, 2.45) is 20.0 Å². The average Bonchev–Trinajstić information content (AvgIpc) is 3.64. The van der Waals surface area contributed by atoms with Crippen LogP contribution in [0, 0.1) is 0 Å². The number of hydrogen-bond acceptors (Lipinski definition) is 4. The van der Waals surface area contributed by atoms with Crippen LogP contribution in [0.4, 0.5) is 0 Å². The molecule has 5 heterocycles. The minimum atomic E-state index is 0.872. The van der Waals surface area contributed by atoms with Gasteiger partial charge in [-0.25, -0.2) is 20.0 Å². The van der Waals surface area contributed by atoms with Gasteiger partial charge in [0.15, 0.2) is 0 Å². The second-order valence-corrected chi connectivity index (χ2v) is 8.47. The Hall–Kier alpha value is -4.70. The Morgan fingerprint density at radius 3 is 1.74 bits per heavy atom. The molecule has 0 unspecified atom stereocenters. The smallest absolute Gasteiger partial charge is 0.0737 e. The van der Waals surface area contributed by atoms with Crippen LogP contribution in [0.25, 0.3) is 16.3 Å². The molecule has 2 aromatic carbocycles. The summed E-state index contributed by atoms with van der Waals surface area (Å²) in [5, 5.41) is 2.41. The number of benzene rings is 2. The Morgan fingerprint density at radius 2 is 1.03 bits per heavy atom. The molecular weight excluding hydrogens is 416 g/mol. The lowest BCUT2D eigenvalue weighted by molar-refractivity contribution is 1.41. The van der Waals surface area contributed by atoms with Crippen molar-refractivity contribution in [1.29, 1.82) is 0 Å². The summed E-state index contributed by atoms with van der Waals surface area (Å²) in [5.74, 6) is 0. The van der Waals surface area contributed by atoms with Crippen LogP contribution in [-0.4, -0.2) is 22.8 Å². The first-order valence-corrected chi connectivity index (χ1v) is 11.2. The molecule has 5 aliphatic rings. The number of aliphatic imine (C=N–C) groups is 4. The van der Waals surface area contributed by atoms with Gasteiger partial charge in [0, 0.05) is 5.57 Å². The van der Waals surface area contributed by atoms with Gasteiger partial charge < -0.3 is 0 Å². The summed E-state index contributed by atoms with van der Waals surface area (Å²) in [4.78, 5) is 19.2. The molecule has 0 N–H and O–H groups in total. The molecule has 34 heavy (non-hydrogen) atoms. The third kappa shape index (κ3) is 3.33. The van der Waals surface area contributed by atoms with Crippen molar-refractivity contribution in [3.63, 3.8) is 0 Å². The van der Waals surface area contributed by atoms with Crippen molar-refractivity contribution in [3.8, 4) is 0 Å². The first-order valence-electron chi connectivity index (χ1n) is 11.2. The van der Waals surface area contributed by atoms with Crippen LogP contribution in [0.5, 0.6) is 0 Å². The normalized spacial score (nSPS) is 19.8. The molecule has 158 valence electrons. The van der Waals surface area contributed by atoms with Gasteiger partial charge in [-0.1, -0.05) is 42.5 Å². The predicted octanol–water partition coefficient (Wildman–Crippen LogP) is 6.26. The second-order valence-electron chi connectivity index (χ2n) is 8.47. The number of fused-ring (bicyclic) bond motifs is 5. The van der Waals surface area contributed by atoms with E-state index in [2.05, 4.69) is 59.6 Å². The van der Waals surface area contributed by atoms with Crippen molar-refractivity contribution in [2.45, 2.75) is 0 Å². The maximum atomic E-state index is 4.98. The van der Waals surface area contributed by atoms with Crippen molar-refractivity contribution in [2.75, 3.05) is 0 Å². The van der Waals surface area contributed by atoms with Gasteiger partial charge in [0.1, 0.15) is 0 Å². The third-order valence-corrected chi connectivity index (χ3v) is 6.12. The van der Waals surface area contributed by atoms with E-state index in [0.29, 0.717) is 0 Å². The van der Waals surface area contributed by atoms with Gasteiger partial charge in [0.05, 0.1) is 45.6 Å². The second kappa shape index (κ2) is 7.42. The largest absolute Gasteiger partial charge is 0.249 e. The van der Waals surface area contributed by atoms with Crippen LogP contribution in [0.3, 0.4) is 0 Å². The molecule has 4 heteroatoms. The van der Waals surface area contributed by atoms with Crippen molar-refractivity contribution in [3.05, 3.63) is 138 Å². The van der Waals surface area contributed by atoms with E-state index >= 15 is 0 Å². The molecule has 0 fully saturated rings. The highest BCUT2D eigenvalue weighted by atomic mass is 14.8. The maximum absolute atomic E-state index is 4.98. The van der Waals surface area contributed by atoms with Crippen LogP contribution in [0.15, 0.2) is 152 Å². The van der Waals surface area contributed by atoms with Crippen LogP contribution in [0.1, 0.15) is 5.56 Å². The minimum Gasteiger partial charge on any atom is -0.249 e. The quantitative estimate of drug-likeness (QED) is 0.509. The van der Waals surface area contributed by atoms with Gasteiger partial charge in [-0.15, -0.1) is 0 Å². The van der Waals surface area contributed by atoms with E-state index in [4.69, 9.17) is 15.0 Å². The highest BCUT2D eigenvalue weighted by molar-refractivity contribution is 6.20. The Bertz CT molecular complexity index is 1670. The van der Waals surface area contributed by atoms with E-state index in [9.17, 15) is 0 Å². The minimum absolute atomic E-state index is 0.872. The molecule has 5 aliphatic heterocycles. The van der Waals surface area contributed by atoms with Gasteiger partial charge in [0.2, 0.25) is 0 Å². The lowest BCUT2D eigenvalue weighted by Gasteiger charge is -2.08. The van der Waals surface area contributed by atoms with Crippen molar-refractivity contribution >= 4 is 39.2 Å². The lowest BCUT2D eigenvalue weighted by Crippen LogP contribution is -1.91. The zero-order chi connectivity index (χ0) is 22.5. The summed E-state index contributed by atoms with van der Waals surface area (Å²) in [5.41, 5.74) is 9.28. The standard InChI is InChI=1S/C30H18N4/c1-2-6-27-19(4-1)5-3-7-28(27)29-17-26-16-24-11-10-22(32-24)14-20-8-9-21(31-20)15-23-12-13-25(33-23)18-30(29)34-26/h1-18H.